The Morgan fingerprint density at radius 1 is 0.456 bits per heavy atom. The molecule has 0 bridgehead atoms. The standard InChI is InChI=1S/C11H22.C10H20.4C9H18/c1-9(2)8-11(3,4)10-6-5-7-10;1-8(2)7-10(3,4)9-5-6-9;2*1-7(2)4-9-5-8(3)6-9;1-8(2)7-9(3)5-4-6-9;1-8(2)9-6-4-3-5-7-9/h9-10H,5-8H2,1-4H3;8-9H,5-7H2,1-4H3;2*7-9H,4-6H2,1-3H3;8H,4-7H2,1-3H3;8-9H,3-7H2,1-2H3. The van der Waals surface area contributed by atoms with Gasteiger partial charge in [0, 0.05) is 0 Å². The van der Waals surface area contributed by atoms with Crippen molar-refractivity contribution in [1.82, 2.24) is 0 Å². The maximum atomic E-state index is 2.44. The second kappa shape index (κ2) is 27.1. The van der Waals surface area contributed by atoms with Crippen LogP contribution in [0.4, 0.5) is 0 Å². The van der Waals surface area contributed by atoms with E-state index in [1.807, 2.05) is 0 Å². The number of hydrogen-bond donors (Lipinski definition) is 0. The first-order valence-corrected chi connectivity index (χ1v) is 26.3. The van der Waals surface area contributed by atoms with Crippen LogP contribution in [-0.2, 0) is 0 Å². The fourth-order valence-electron chi connectivity index (χ4n) is 12.1. The quantitative estimate of drug-likeness (QED) is 0.174. The van der Waals surface area contributed by atoms with E-state index in [4.69, 9.17) is 0 Å². The Kier molecular flexibility index (Phi) is 26.2. The van der Waals surface area contributed by atoms with Crippen LogP contribution >= 0.6 is 0 Å². The monoisotopic (exact) mass is 799 g/mol. The SMILES string of the molecule is CC(C)C1CCCCC1.CC(C)CC(C)(C)C1CC1.CC(C)CC(C)(C)C1CCC1.CC(C)CC1(C)CCC1.CC(C)CC1CC(C)C1.CC(C)CC1CC(C)C1. The van der Waals surface area contributed by atoms with Crippen LogP contribution in [-0.4, -0.2) is 0 Å². The summed E-state index contributed by atoms with van der Waals surface area (Å²) in [6, 6.07) is 0. The molecular weight excluding hydrogens is 685 g/mol. The average Bonchev–Trinajstić information content (AvgIpc) is 3.85. The van der Waals surface area contributed by atoms with Crippen LogP contribution in [0.3, 0.4) is 0 Å². The molecule has 6 aliphatic carbocycles. The number of rotatable bonds is 13. The van der Waals surface area contributed by atoms with Gasteiger partial charge in [0.25, 0.3) is 0 Å². The van der Waals surface area contributed by atoms with E-state index in [0.717, 1.165) is 82.3 Å². The lowest BCUT2D eigenvalue weighted by atomic mass is 9.64. The zero-order chi connectivity index (χ0) is 43.6. The molecule has 0 aliphatic heterocycles. The van der Waals surface area contributed by atoms with Gasteiger partial charge in [-0.15, -0.1) is 0 Å². The van der Waals surface area contributed by atoms with E-state index < -0.39 is 0 Å². The Bertz CT molecular complexity index is 920. The Morgan fingerprint density at radius 3 is 1.04 bits per heavy atom. The maximum absolute atomic E-state index is 2.44. The molecule has 0 aromatic carbocycles. The molecule has 0 radical (unpaired) electrons. The Hall–Kier alpha value is 0. The van der Waals surface area contributed by atoms with E-state index in [2.05, 4.69) is 132 Å². The molecule has 342 valence electrons. The van der Waals surface area contributed by atoms with Gasteiger partial charge in [-0.3, -0.25) is 0 Å². The van der Waals surface area contributed by atoms with Crippen molar-refractivity contribution in [2.24, 2.45) is 93.2 Å². The number of hydrogen-bond acceptors (Lipinski definition) is 0. The van der Waals surface area contributed by atoms with E-state index in [0.29, 0.717) is 10.8 Å². The molecule has 6 fully saturated rings. The third kappa shape index (κ3) is 25.5. The summed E-state index contributed by atoms with van der Waals surface area (Å²) in [6.45, 7) is 44.8. The molecule has 0 aromatic heterocycles. The fourth-order valence-corrected chi connectivity index (χ4v) is 12.1. The first-order chi connectivity index (χ1) is 26.3. The Morgan fingerprint density at radius 2 is 0.842 bits per heavy atom. The molecule has 0 atom stereocenters. The highest BCUT2D eigenvalue weighted by Gasteiger charge is 2.38. The lowest BCUT2D eigenvalue weighted by molar-refractivity contribution is 0.0964. The van der Waals surface area contributed by atoms with Gasteiger partial charge in [-0.05, 0) is 189 Å². The van der Waals surface area contributed by atoms with Gasteiger partial charge in [0.15, 0.2) is 0 Å². The summed E-state index contributed by atoms with van der Waals surface area (Å²) >= 11 is 0. The minimum atomic E-state index is 0.617. The predicted molar refractivity (Wildman–Crippen MR) is 262 cm³/mol. The lowest BCUT2D eigenvalue weighted by Gasteiger charge is -2.41. The molecule has 0 unspecified atom stereocenters. The molecule has 0 amide bonds. The smallest absolute Gasteiger partial charge is 0.0323 e. The van der Waals surface area contributed by atoms with Gasteiger partial charge in [-0.1, -0.05) is 176 Å². The molecule has 0 heteroatoms. The van der Waals surface area contributed by atoms with Crippen molar-refractivity contribution >= 4 is 0 Å². The summed E-state index contributed by atoms with van der Waals surface area (Å²) in [5.74, 6) is 12.8. The first-order valence-electron chi connectivity index (χ1n) is 26.3. The summed E-state index contributed by atoms with van der Waals surface area (Å²) in [5, 5.41) is 0. The van der Waals surface area contributed by atoms with E-state index >= 15 is 0 Å². The zero-order valence-electron chi connectivity index (χ0n) is 43.6. The largest absolute Gasteiger partial charge is 0.0628 e. The highest BCUT2D eigenvalue weighted by Crippen LogP contribution is 2.49. The minimum Gasteiger partial charge on any atom is -0.0628 e. The highest BCUT2D eigenvalue weighted by atomic mass is 14.4. The van der Waals surface area contributed by atoms with Crippen molar-refractivity contribution in [3.8, 4) is 0 Å². The normalized spacial score (nSPS) is 25.8. The third-order valence-electron chi connectivity index (χ3n) is 15.4. The first kappa shape index (κ1) is 55.0. The summed E-state index contributed by atoms with van der Waals surface area (Å²) < 4.78 is 0. The van der Waals surface area contributed by atoms with Crippen LogP contribution < -0.4 is 0 Å². The molecule has 0 aromatic rings. The van der Waals surface area contributed by atoms with Crippen LogP contribution in [0.25, 0.3) is 0 Å². The topological polar surface area (TPSA) is 0 Å². The van der Waals surface area contributed by atoms with Crippen molar-refractivity contribution in [2.45, 2.75) is 273 Å². The van der Waals surface area contributed by atoms with Gasteiger partial charge in [-0.2, -0.15) is 0 Å². The predicted octanol–water partition coefficient (Wildman–Crippen LogP) is 19.9. The van der Waals surface area contributed by atoms with Gasteiger partial charge in [0.1, 0.15) is 0 Å². The second-order valence-corrected chi connectivity index (χ2v) is 26.1. The molecule has 0 spiro atoms. The average molecular weight is 800 g/mol. The summed E-state index contributed by atoms with van der Waals surface area (Å²) in [4.78, 5) is 0. The van der Waals surface area contributed by atoms with Crippen molar-refractivity contribution in [3.63, 3.8) is 0 Å². The van der Waals surface area contributed by atoms with Gasteiger partial charge in [-0.25, -0.2) is 0 Å². The van der Waals surface area contributed by atoms with Gasteiger partial charge < -0.3 is 0 Å². The maximum Gasteiger partial charge on any atom is -0.0323 e. The molecule has 0 nitrogen and oxygen atoms in total. The van der Waals surface area contributed by atoms with Crippen LogP contribution in [0.1, 0.15) is 273 Å². The molecule has 57 heavy (non-hydrogen) atoms. The van der Waals surface area contributed by atoms with Crippen LogP contribution in [0.5, 0.6) is 0 Å². The molecule has 0 heterocycles. The van der Waals surface area contributed by atoms with Crippen molar-refractivity contribution in [2.75, 3.05) is 0 Å². The molecule has 6 saturated carbocycles. The summed E-state index contributed by atoms with van der Waals surface area (Å²) in [5.41, 5.74) is 1.99. The highest BCUT2D eigenvalue weighted by molar-refractivity contribution is 4.88. The van der Waals surface area contributed by atoms with Gasteiger partial charge >= 0.3 is 0 Å². The van der Waals surface area contributed by atoms with Crippen molar-refractivity contribution in [3.05, 3.63) is 0 Å². The summed E-state index contributed by atoms with van der Waals surface area (Å²) in [6.07, 6.45) is 32.5. The van der Waals surface area contributed by atoms with Crippen LogP contribution in [0.2, 0.25) is 0 Å². The van der Waals surface area contributed by atoms with Crippen molar-refractivity contribution in [1.29, 1.82) is 0 Å². The van der Waals surface area contributed by atoms with E-state index in [-0.39, 0.29) is 0 Å². The molecule has 6 aliphatic rings. The Balaban J connectivity index is 0.000000343. The van der Waals surface area contributed by atoms with Crippen molar-refractivity contribution < 1.29 is 0 Å². The molecular formula is C57H114. The fraction of sp³-hybridized carbons (Fsp3) is 1.00. The third-order valence-corrected chi connectivity index (χ3v) is 15.4. The molecule has 0 saturated heterocycles. The van der Waals surface area contributed by atoms with E-state index in [9.17, 15) is 0 Å². The minimum absolute atomic E-state index is 0.617. The van der Waals surface area contributed by atoms with E-state index in [1.165, 1.54) is 141 Å². The van der Waals surface area contributed by atoms with Crippen LogP contribution in [0, 0.1) is 93.2 Å². The molecule has 0 N–H and O–H groups in total. The van der Waals surface area contributed by atoms with Gasteiger partial charge in [0.2, 0.25) is 0 Å². The summed E-state index contributed by atoms with van der Waals surface area (Å²) in [7, 11) is 0. The second-order valence-electron chi connectivity index (χ2n) is 26.1. The van der Waals surface area contributed by atoms with Crippen LogP contribution in [0.15, 0.2) is 0 Å². The molecule has 6 rings (SSSR count). The van der Waals surface area contributed by atoms with Gasteiger partial charge in [0.05, 0.1) is 0 Å². The Labute approximate surface area is 364 Å². The zero-order valence-corrected chi connectivity index (χ0v) is 43.6. The van der Waals surface area contributed by atoms with E-state index in [1.54, 1.807) is 0 Å². The lowest BCUT2D eigenvalue weighted by Crippen LogP contribution is -2.30.